The lowest BCUT2D eigenvalue weighted by atomic mass is 9.88. The SMILES string of the molecule is Cc1cc(Nc2ncc(-c3nc4cnccc4s3)c(NC3CC(C(C)(C)O)C(O)C3O)n2)cc(C)n1. The summed E-state index contributed by atoms with van der Waals surface area (Å²) < 4.78 is 0.981. The molecule has 0 amide bonds. The number of anilines is 3. The predicted octanol–water partition coefficient (Wildman–Crippen LogP) is 3.20. The first-order valence-electron chi connectivity index (χ1n) is 11.7. The number of thiazole rings is 1. The van der Waals surface area contributed by atoms with Crippen molar-refractivity contribution < 1.29 is 15.3 Å². The van der Waals surface area contributed by atoms with E-state index in [1.54, 1.807) is 32.4 Å². The van der Waals surface area contributed by atoms with Gasteiger partial charge in [-0.2, -0.15) is 4.98 Å². The maximum Gasteiger partial charge on any atom is 0.229 e. The van der Waals surface area contributed by atoms with Gasteiger partial charge in [0.25, 0.3) is 0 Å². The molecule has 1 aliphatic carbocycles. The molecule has 0 bridgehead atoms. The summed E-state index contributed by atoms with van der Waals surface area (Å²) in [6, 6.07) is 5.19. The number of hydrogen-bond acceptors (Lipinski definition) is 11. The number of aromatic nitrogens is 5. The molecule has 4 aromatic rings. The van der Waals surface area contributed by atoms with Gasteiger partial charge >= 0.3 is 0 Å². The van der Waals surface area contributed by atoms with Crippen LogP contribution in [0.4, 0.5) is 17.5 Å². The minimum atomic E-state index is -1.14. The van der Waals surface area contributed by atoms with E-state index in [9.17, 15) is 15.3 Å². The third-order valence-electron chi connectivity index (χ3n) is 6.46. The van der Waals surface area contributed by atoms with Crippen LogP contribution in [0.5, 0.6) is 0 Å². The first-order valence-corrected chi connectivity index (χ1v) is 12.6. The molecule has 10 nitrogen and oxygen atoms in total. The van der Waals surface area contributed by atoms with E-state index >= 15 is 0 Å². The Labute approximate surface area is 212 Å². The van der Waals surface area contributed by atoms with Gasteiger partial charge in [0.15, 0.2) is 0 Å². The molecule has 0 spiro atoms. The molecule has 4 heterocycles. The second-order valence-electron chi connectivity index (χ2n) is 9.81. The van der Waals surface area contributed by atoms with Crippen LogP contribution in [0.2, 0.25) is 0 Å². The normalized spacial score (nSPS) is 22.2. The maximum atomic E-state index is 10.8. The van der Waals surface area contributed by atoms with Crippen LogP contribution in [0, 0.1) is 19.8 Å². The molecule has 4 unspecified atom stereocenters. The van der Waals surface area contributed by atoms with Crippen molar-refractivity contribution in [3.05, 3.63) is 48.2 Å². The standard InChI is InChI=1S/C25H29N7O3S/c1-12-7-14(8-13(2)28-12)29-24-27-10-15(23-31-18-11-26-6-5-19(18)36-23)22(32-24)30-17-9-16(25(3,4)35)20(33)21(17)34/h5-8,10-11,16-17,20-21,33-35H,9H2,1-4H3,(H2,27,28,29,30,32). The summed E-state index contributed by atoms with van der Waals surface area (Å²) in [5, 5.41) is 39.1. The second kappa shape index (κ2) is 9.32. The Bertz CT molecular complexity index is 1350. The van der Waals surface area contributed by atoms with Crippen LogP contribution in [0.25, 0.3) is 20.8 Å². The lowest BCUT2D eigenvalue weighted by Crippen LogP contribution is -2.40. The zero-order valence-corrected chi connectivity index (χ0v) is 21.3. The van der Waals surface area contributed by atoms with Crippen LogP contribution in [0.1, 0.15) is 31.7 Å². The summed E-state index contributed by atoms with van der Waals surface area (Å²) in [5.41, 5.74) is 2.84. The Morgan fingerprint density at radius 1 is 1.03 bits per heavy atom. The molecule has 0 aliphatic heterocycles. The minimum Gasteiger partial charge on any atom is -0.390 e. The van der Waals surface area contributed by atoms with E-state index in [0.29, 0.717) is 28.8 Å². The number of nitrogens with one attached hydrogen (secondary N) is 2. The first-order chi connectivity index (χ1) is 17.1. The molecule has 188 valence electrons. The third kappa shape index (κ3) is 4.87. The number of aliphatic hydroxyl groups is 3. The van der Waals surface area contributed by atoms with E-state index in [2.05, 4.69) is 25.6 Å². The highest BCUT2D eigenvalue weighted by atomic mass is 32.1. The summed E-state index contributed by atoms with van der Waals surface area (Å²) in [6.45, 7) is 7.12. The summed E-state index contributed by atoms with van der Waals surface area (Å²) in [5.74, 6) is 0.333. The topological polar surface area (TPSA) is 149 Å². The molecule has 36 heavy (non-hydrogen) atoms. The van der Waals surface area contributed by atoms with Crippen molar-refractivity contribution >= 4 is 39.0 Å². The van der Waals surface area contributed by atoms with Crippen molar-refractivity contribution in [2.24, 2.45) is 5.92 Å². The monoisotopic (exact) mass is 507 g/mol. The van der Waals surface area contributed by atoms with E-state index in [4.69, 9.17) is 9.97 Å². The van der Waals surface area contributed by atoms with Gasteiger partial charge in [-0.25, -0.2) is 9.97 Å². The number of aliphatic hydroxyl groups excluding tert-OH is 2. The number of pyridine rings is 2. The molecule has 1 fully saturated rings. The van der Waals surface area contributed by atoms with Gasteiger partial charge < -0.3 is 26.0 Å². The fourth-order valence-electron chi connectivity index (χ4n) is 4.69. The summed E-state index contributed by atoms with van der Waals surface area (Å²) in [4.78, 5) is 22.5. The molecule has 0 saturated heterocycles. The minimum absolute atomic E-state index is 0.362. The number of rotatable bonds is 6. The molecular weight excluding hydrogens is 478 g/mol. The Kier molecular flexibility index (Phi) is 6.33. The van der Waals surface area contributed by atoms with Gasteiger partial charge in [-0.05, 0) is 52.3 Å². The highest BCUT2D eigenvalue weighted by Crippen LogP contribution is 2.39. The zero-order valence-electron chi connectivity index (χ0n) is 20.5. The lowest BCUT2D eigenvalue weighted by molar-refractivity contribution is -0.0601. The molecule has 1 aliphatic rings. The van der Waals surface area contributed by atoms with Gasteiger partial charge in [-0.1, -0.05) is 0 Å². The zero-order chi connectivity index (χ0) is 25.6. The van der Waals surface area contributed by atoms with E-state index < -0.39 is 29.8 Å². The van der Waals surface area contributed by atoms with Crippen molar-refractivity contribution in [1.82, 2.24) is 24.9 Å². The molecule has 0 aromatic carbocycles. The summed E-state index contributed by atoms with van der Waals surface area (Å²) in [6.07, 6.45) is 3.34. The second-order valence-corrected chi connectivity index (χ2v) is 10.8. The molecule has 4 aromatic heterocycles. The number of hydrogen-bond donors (Lipinski definition) is 5. The van der Waals surface area contributed by atoms with Crippen molar-refractivity contribution in [2.45, 2.75) is 58.0 Å². The van der Waals surface area contributed by atoms with E-state index in [-0.39, 0.29) is 0 Å². The molecular formula is C25H29N7O3S. The van der Waals surface area contributed by atoms with Crippen LogP contribution >= 0.6 is 11.3 Å². The summed E-state index contributed by atoms with van der Waals surface area (Å²) in [7, 11) is 0. The number of fused-ring (bicyclic) bond motifs is 1. The van der Waals surface area contributed by atoms with E-state index in [0.717, 1.165) is 27.3 Å². The first kappa shape index (κ1) is 24.4. The molecule has 0 radical (unpaired) electrons. The number of aryl methyl sites for hydroxylation is 2. The molecule has 5 rings (SSSR count). The van der Waals surface area contributed by atoms with Gasteiger partial charge in [0.2, 0.25) is 5.95 Å². The van der Waals surface area contributed by atoms with E-state index in [1.165, 1.54) is 11.3 Å². The third-order valence-corrected chi connectivity index (χ3v) is 7.53. The summed E-state index contributed by atoms with van der Waals surface area (Å²) >= 11 is 1.49. The van der Waals surface area contributed by atoms with Crippen LogP contribution in [0.3, 0.4) is 0 Å². The number of nitrogens with zero attached hydrogens (tertiary/aromatic N) is 5. The average Bonchev–Trinajstić information content (AvgIpc) is 3.35. The smallest absolute Gasteiger partial charge is 0.229 e. The largest absolute Gasteiger partial charge is 0.390 e. The van der Waals surface area contributed by atoms with Gasteiger partial charge in [-0.15, -0.1) is 11.3 Å². The average molecular weight is 508 g/mol. The highest BCUT2D eigenvalue weighted by molar-refractivity contribution is 7.21. The highest BCUT2D eigenvalue weighted by Gasteiger charge is 2.47. The Morgan fingerprint density at radius 3 is 2.44 bits per heavy atom. The van der Waals surface area contributed by atoms with Crippen LogP contribution in [0.15, 0.2) is 36.8 Å². The van der Waals surface area contributed by atoms with Gasteiger partial charge in [0.1, 0.15) is 22.4 Å². The maximum absolute atomic E-state index is 10.8. The Hall–Kier alpha value is -3.25. The quantitative estimate of drug-likeness (QED) is 0.263. The Morgan fingerprint density at radius 2 is 1.78 bits per heavy atom. The van der Waals surface area contributed by atoms with Crippen molar-refractivity contribution in [3.8, 4) is 10.6 Å². The lowest BCUT2D eigenvalue weighted by Gasteiger charge is -2.28. The van der Waals surface area contributed by atoms with E-state index in [1.807, 2.05) is 32.0 Å². The van der Waals surface area contributed by atoms with Crippen molar-refractivity contribution in [1.29, 1.82) is 0 Å². The van der Waals surface area contributed by atoms with Gasteiger partial charge in [-0.3, -0.25) is 9.97 Å². The molecule has 1 saturated carbocycles. The van der Waals surface area contributed by atoms with Crippen LogP contribution < -0.4 is 10.6 Å². The van der Waals surface area contributed by atoms with Crippen molar-refractivity contribution in [3.63, 3.8) is 0 Å². The molecule has 5 N–H and O–H groups in total. The fourth-order valence-corrected chi connectivity index (χ4v) is 5.64. The fraction of sp³-hybridized carbons (Fsp3) is 0.400. The van der Waals surface area contributed by atoms with Crippen LogP contribution in [-0.2, 0) is 0 Å². The van der Waals surface area contributed by atoms with Gasteiger partial charge in [0.05, 0.1) is 34.2 Å². The molecule has 4 atom stereocenters. The van der Waals surface area contributed by atoms with Crippen LogP contribution in [-0.4, -0.2) is 64.1 Å². The van der Waals surface area contributed by atoms with Crippen molar-refractivity contribution in [2.75, 3.05) is 10.6 Å². The molecule has 11 heteroatoms. The van der Waals surface area contributed by atoms with Gasteiger partial charge in [0, 0.05) is 35.4 Å². The Balaban J connectivity index is 1.52. The predicted molar refractivity (Wildman–Crippen MR) is 139 cm³/mol.